The van der Waals surface area contributed by atoms with Gasteiger partial charge in [0.25, 0.3) is 5.56 Å². The van der Waals surface area contributed by atoms with Crippen LogP contribution in [0.3, 0.4) is 0 Å². The summed E-state index contributed by atoms with van der Waals surface area (Å²) < 4.78 is 7.82. The highest BCUT2D eigenvalue weighted by atomic mass is 16.5. The molecule has 29 heavy (non-hydrogen) atoms. The number of benzene rings is 2. The topological polar surface area (TPSA) is 83.2 Å². The number of carbonyl (C=O) groups is 1. The highest BCUT2D eigenvalue weighted by Gasteiger charge is 2.15. The Bertz CT molecular complexity index is 1330. The minimum absolute atomic E-state index is 0.0489. The van der Waals surface area contributed by atoms with Crippen LogP contribution in [0.4, 0.5) is 0 Å². The first-order valence-corrected chi connectivity index (χ1v) is 9.30. The lowest BCUT2D eigenvalue weighted by Crippen LogP contribution is -2.40. The lowest BCUT2D eigenvalue weighted by atomic mass is 10.1. The Balaban J connectivity index is 1.63. The van der Waals surface area contributed by atoms with Crippen molar-refractivity contribution in [3.05, 3.63) is 87.2 Å². The number of hydrogen-bond acceptors (Lipinski definition) is 5. The first-order chi connectivity index (χ1) is 14.1. The maximum absolute atomic E-state index is 12.7. The van der Waals surface area contributed by atoms with E-state index in [4.69, 9.17) is 4.74 Å². The molecule has 0 amide bonds. The van der Waals surface area contributed by atoms with E-state index in [0.717, 1.165) is 21.0 Å². The summed E-state index contributed by atoms with van der Waals surface area (Å²) in [6.45, 7) is 1.71. The van der Waals surface area contributed by atoms with Crippen LogP contribution in [0.15, 0.2) is 70.4 Å². The van der Waals surface area contributed by atoms with Gasteiger partial charge in [-0.3, -0.25) is 23.7 Å². The van der Waals surface area contributed by atoms with Gasteiger partial charge in [-0.1, -0.05) is 36.4 Å². The first kappa shape index (κ1) is 18.6. The molecule has 0 fully saturated rings. The van der Waals surface area contributed by atoms with Gasteiger partial charge in [-0.05, 0) is 25.1 Å². The molecular weight excluding hydrogens is 370 g/mol. The maximum atomic E-state index is 12.7. The summed E-state index contributed by atoms with van der Waals surface area (Å²) in [6, 6.07) is 16.2. The van der Waals surface area contributed by atoms with Crippen LogP contribution in [0.5, 0.6) is 0 Å². The predicted molar refractivity (Wildman–Crippen MR) is 110 cm³/mol. The van der Waals surface area contributed by atoms with Gasteiger partial charge in [-0.15, -0.1) is 0 Å². The predicted octanol–water partition coefficient (Wildman–Crippen LogP) is 2.47. The zero-order valence-corrected chi connectivity index (χ0v) is 15.9. The van der Waals surface area contributed by atoms with Crippen LogP contribution in [0, 0.1) is 0 Å². The molecule has 0 spiro atoms. The van der Waals surface area contributed by atoms with Crippen molar-refractivity contribution in [2.75, 3.05) is 0 Å². The Hall–Kier alpha value is -3.74. The van der Waals surface area contributed by atoms with Crippen molar-refractivity contribution in [1.29, 1.82) is 0 Å². The average molecular weight is 389 g/mol. The largest absolute Gasteiger partial charge is 0.459 e. The molecule has 0 unspecified atom stereocenters. The second-order valence-electron chi connectivity index (χ2n) is 6.59. The Kier molecular flexibility index (Phi) is 4.95. The lowest BCUT2D eigenvalue weighted by Gasteiger charge is -2.13. The van der Waals surface area contributed by atoms with E-state index in [1.165, 1.54) is 4.57 Å². The quantitative estimate of drug-likeness (QED) is 0.490. The standard InChI is InChI=1S/C22H19N3O4/c1-2-24-21(27)17-10-3-4-11-18(17)25(22(24)28)13-19(26)29-14-16-8-5-7-15-9-6-12-23-20(15)16/h3-12H,2,13-14H2,1H3. The number of carbonyl (C=O) groups excluding carboxylic acids is 1. The third-order valence-electron chi connectivity index (χ3n) is 4.84. The molecule has 0 radical (unpaired) electrons. The van der Waals surface area contributed by atoms with E-state index in [0.29, 0.717) is 10.9 Å². The highest BCUT2D eigenvalue weighted by molar-refractivity contribution is 5.82. The van der Waals surface area contributed by atoms with E-state index in [9.17, 15) is 14.4 Å². The van der Waals surface area contributed by atoms with E-state index >= 15 is 0 Å². The summed E-state index contributed by atoms with van der Waals surface area (Å²) >= 11 is 0. The SMILES string of the molecule is CCn1c(=O)c2ccccc2n(CC(=O)OCc2cccc3cccnc23)c1=O. The maximum Gasteiger partial charge on any atom is 0.332 e. The zero-order chi connectivity index (χ0) is 20.4. The van der Waals surface area contributed by atoms with Crippen LogP contribution in [0.2, 0.25) is 0 Å². The van der Waals surface area contributed by atoms with Crippen molar-refractivity contribution >= 4 is 27.8 Å². The molecule has 4 aromatic rings. The van der Waals surface area contributed by atoms with E-state index < -0.39 is 11.7 Å². The third-order valence-corrected chi connectivity index (χ3v) is 4.84. The number of nitrogens with zero attached hydrogens (tertiary/aromatic N) is 3. The smallest absolute Gasteiger partial charge is 0.332 e. The van der Waals surface area contributed by atoms with E-state index in [2.05, 4.69) is 4.98 Å². The van der Waals surface area contributed by atoms with Crippen LogP contribution in [0.1, 0.15) is 12.5 Å². The minimum Gasteiger partial charge on any atom is -0.459 e. The van der Waals surface area contributed by atoms with E-state index in [-0.39, 0.29) is 25.3 Å². The van der Waals surface area contributed by atoms with Gasteiger partial charge in [-0.2, -0.15) is 0 Å². The van der Waals surface area contributed by atoms with Gasteiger partial charge in [0, 0.05) is 23.7 Å². The number of pyridine rings is 1. The summed E-state index contributed by atoms with van der Waals surface area (Å²) in [4.78, 5) is 42.1. The second kappa shape index (κ2) is 7.71. The molecule has 0 saturated carbocycles. The second-order valence-corrected chi connectivity index (χ2v) is 6.59. The van der Waals surface area contributed by atoms with Gasteiger partial charge >= 0.3 is 11.7 Å². The van der Waals surface area contributed by atoms with Crippen LogP contribution >= 0.6 is 0 Å². The van der Waals surface area contributed by atoms with Crippen molar-refractivity contribution in [2.24, 2.45) is 0 Å². The molecule has 0 saturated heterocycles. The molecule has 0 aliphatic carbocycles. The fourth-order valence-corrected chi connectivity index (χ4v) is 3.42. The minimum atomic E-state index is -0.563. The lowest BCUT2D eigenvalue weighted by molar-refractivity contribution is -0.145. The molecule has 0 atom stereocenters. The number of ether oxygens (including phenoxy) is 1. The fraction of sp³-hybridized carbons (Fsp3) is 0.182. The normalized spacial score (nSPS) is 11.1. The van der Waals surface area contributed by atoms with E-state index in [1.807, 2.05) is 30.3 Å². The molecule has 2 heterocycles. The third kappa shape index (κ3) is 3.42. The van der Waals surface area contributed by atoms with Gasteiger partial charge in [0.2, 0.25) is 0 Å². The Morgan fingerprint density at radius 2 is 1.79 bits per heavy atom. The molecule has 0 aliphatic rings. The van der Waals surface area contributed by atoms with Gasteiger partial charge in [0.15, 0.2) is 0 Å². The number of aromatic nitrogens is 3. The summed E-state index contributed by atoms with van der Waals surface area (Å²) in [5, 5.41) is 1.35. The van der Waals surface area contributed by atoms with Crippen LogP contribution in [-0.2, 0) is 29.2 Å². The Morgan fingerprint density at radius 1 is 1.00 bits per heavy atom. The number of esters is 1. The zero-order valence-electron chi connectivity index (χ0n) is 15.9. The van der Waals surface area contributed by atoms with E-state index in [1.54, 1.807) is 37.4 Å². The molecule has 2 aromatic carbocycles. The number of fused-ring (bicyclic) bond motifs is 2. The summed E-state index contributed by atoms with van der Waals surface area (Å²) in [7, 11) is 0. The Labute approximate surface area is 165 Å². The number of hydrogen-bond donors (Lipinski definition) is 0. The van der Waals surface area contributed by atoms with Crippen molar-refractivity contribution in [3.8, 4) is 0 Å². The van der Waals surface area contributed by atoms with Crippen molar-refractivity contribution in [2.45, 2.75) is 26.6 Å². The first-order valence-electron chi connectivity index (χ1n) is 9.30. The highest BCUT2D eigenvalue weighted by Crippen LogP contribution is 2.17. The average Bonchev–Trinajstić information content (AvgIpc) is 2.75. The molecule has 0 N–H and O–H groups in total. The van der Waals surface area contributed by atoms with Crippen molar-refractivity contribution in [1.82, 2.24) is 14.1 Å². The molecule has 2 aromatic heterocycles. The van der Waals surface area contributed by atoms with Crippen LogP contribution in [0.25, 0.3) is 21.8 Å². The molecule has 146 valence electrons. The summed E-state index contributed by atoms with van der Waals surface area (Å²) in [6.07, 6.45) is 1.69. The van der Waals surface area contributed by atoms with Gasteiger partial charge < -0.3 is 4.74 Å². The number of para-hydroxylation sites is 2. The summed E-state index contributed by atoms with van der Waals surface area (Å²) in [5.74, 6) is -0.563. The van der Waals surface area contributed by atoms with Gasteiger partial charge in [0.1, 0.15) is 13.2 Å². The molecule has 4 rings (SSSR count). The van der Waals surface area contributed by atoms with Gasteiger partial charge in [0.05, 0.1) is 16.4 Å². The molecule has 0 aliphatic heterocycles. The molecular formula is C22H19N3O4. The van der Waals surface area contributed by atoms with Gasteiger partial charge in [-0.25, -0.2) is 4.79 Å². The number of rotatable bonds is 5. The molecule has 7 nitrogen and oxygen atoms in total. The summed E-state index contributed by atoms with van der Waals surface area (Å²) in [5.41, 5.74) is 1.08. The van der Waals surface area contributed by atoms with Crippen molar-refractivity contribution < 1.29 is 9.53 Å². The monoisotopic (exact) mass is 389 g/mol. The van der Waals surface area contributed by atoms with Crippen LogP contribution < -0.4 is 11.2 Å². The molecule has 0 bridgehead atoms. The van der Waals surface area contributed by atoms with Crippen molar-refractivity contribution in [3.63, 3.8) is 0 Å². The van der Waals surface area contributed by atoms with Crippen LogP contribution in [-0.4, -0.2) is 20.1 Å². The molecule has 7 heteroatoms. The fourth-order valence-electron chi connectivity index (χ4n) is 3.42. The Morgan fingerprint density at radius 3 is 2.62 bits per heavy atom.